The monoisotopic (exact) mass is 261 g/mol. The molecule has 1 nitrogen and oxygen atoms in total. The van der Waals surface area contributed by atoms with E-state index in [9.17, 15) is 8.78 Å². The minimum Gasteiger partial charge on any atom is -0.321 e. The lowest BCUT2D eigenvalue weighted by molar-refractivity contribution is 0.485. The van der Waals surface area contributed by atoms with E-state index in [0.29, 0.717) is 6.42 Å². The first-order valence-electron chi connectivity index (χ1n) is 6.18. The van der Waals surface area contributed by atoms with Crippen LogP contribution in [0.2, 0.25) is 0 Å². The molecule has 100 valence electrons. The molecule has 0 aliphatic rings. The average molecular weight is 261 g/mol. The van der Waals surface area contributed by atoms with Crippen molar-refractivity contribution in [1.82, 2.24) is 0 Å². The molecule has 0 amide bonds. The van der Waals surface area contributed by atoms with Crippen LogP contribution in [-0.2, 0) is 12.0 Å². The summed E-state index contributed by atoms with van der Waals surface area (Å²) in [5.74, 6) is -0.549. The third-order valence-corrected chi connectivity index (χ3v) is 3.26. The van der Waals surface area contributed by atoms with Crippen molar-refractivity contribution < 1.29 is 8.78 Å². The molecule has 3 heteroatoms. The summed E-state index contributed by atoms with van der Waals surface area (Å²) in [6, 6.07) is 10.9. The Morgan fingerprint density at radius 2 is 1.74 bits per heavy atom. The first kappa shape index (κ1) is 13.7. The molecule has 0 bridgehead atoms. The minimum absolute atomic E-state index is 0.274. The van der Waals surface area contributed by atoms with E-state index in [1.54, 1.807) is 12.1 Å². The van der Waals surface area contributed by atoms with Crippen LogP contribution < -0.4 is 5.73 Å². The van der Waals surface area contributed by atoms with E-state index in [2.05, 4.69) is 0 Å². The third-order valence-electron chi connectivity index (χ3n) is 3.26. The molecule has 2 aromatic carbocycles. The van der Waals surface area contributed by atoms with Crippen LogP contribution in [0.3, 0.4) is 0 Å². The summed E-state index contributed by atoms with van der Waals surface area (Å²) in [5.41, 5.74) is 8.17. The van der Waals surface area contributed by atoms with E-state index in [4.69, 9.17) is 5.73 Å². The van der Waals surface area contributed by atoms with E-state index < -0.39 is 5.54 Å². The van der Waals surface area contributed by atoms with E-state index in [-0.39, 0.29) is 11.6 Å². The van der Waals surface area contributed by atoms with Crippen molar-refractivity contribution in [3.63, 3.8) is 0 Å². The van der Waals surface area contributed by atoms with Gasteiger partial charge < -0.3 is 5.73 Å². The molecule has 2 rings (SSSR count). The van der Waals surface area contributed by atoms with Crippen LogP contribution in [0, 0.1) is 18.6 Å². The van der Waals surface area contributed by atoms with Gasteiger partial charge in [-0.25, -0.2) is 8.78 Å². The number of hydrogen-bond acceptors (Lipinski definition) is 1. The van der Waals surface area contributed by atoms with Crippen LogP contribution in [0.15, 0.2) is 42.5 Å². The van der Waals surface area contributed by atoms with Crippen LogP contribution in [0.25, 0.3) is 0 Å². The molecule has 0 saturated carbocycles. The van der Waals surface area contributed by atoms with Gasteiger partial charge in [-0.15, -0.1) is 0 Å². The van der Waals surface area contributed by atoms with Gasteiger partial charge in [0, 0.05) is 5.54 Å². The third kappa shape index (κ3) is 3.18. The van der Waals surface area contributed by atoms with Gasteiger partial charge >= 0.3 is 0 Å². The van der Waals surface area contributed by atoms with E-state index in [1.807, 2.05) is 19.9 Å². The molecule has 2 aromatic rings. The van der Waals surface area contributed by atoms with Crippen molar-refractivity contribution in [1.29, 1.82) is 0 Å². The Hall–Kier alpha value is -1.74. The molecule has 0 aliphatic heterocycles. The number of hydrogen-bond donors (Lipinski definition) is 1. The van der Waals surface area contributed by atoms with Gasteiger partial charge in [-0.1, -0.05) is 18.2 Å². The molecule has 0 radical (unpaired) electrons. The Bertz CT molecular complexity index is 591. The average Bonchev–Trinajstić information content (AvgIpc) is 2.27. The molecule has 2 N–H and O–H groups in total. The zero-order valence-electron chi connectivity index (χ0n) is 11.1. The second kappa shape index (κ2) is 5.10. The van der Waals surface area contributed by atoms with Crippen molar-refractivity contribution in [3.8, 4) is 0 Å². The molecule has 1 unspecified atom stereocenters. The topological polar surface area (TPSA) is 26.0 Å². The Kier molecular flexibility index (Phi) is 3.67. The molecular formula is C16H17F2N. The van der Waals surface area contributed by atoms with Gasteiger partial charge in [-0.2, -0.15) is 0 Å². The molecule has 0 aliphatic carbocycles. The largest absolute Gasteiger partial charge is 0.321 e. The highest BCUT2D eigenvalue weighted by molar-refractivity contribution is 5.34. The predicted molar refractivity (Wildman–Crippen MR) is 72.8 cm³/mol. The highest BCUT2D eigenvalue weighted by Gasteiger charge is 2.23. The van der Waals surface area contributed by atoms with Gasteiger partial charge in [0.2, 0.25) is 0 Å². The Morgan fingerprint density at radius 3 is 2.37 bits per heavy atom. The summed E-state index contributed by atoms with van der Waals surface area (Å²) < 4.78 is 26.3. The van der Waals surface area contributed by atoms with E-state index in [0.717, 1.165) is 16.7 Å². The van der Waals surface area contributed by atoms with Crippen LogP contribution in [-0.4, -0.2) is 0 Å². The summed E-state index contributed by atoms with van der Waals surface area (Å²) in [7, 11) is 0. The molecule has 0 heterocycles. The van der Waals surface area contributed by atoms with Crippen molar-refractivity contribution in [2.75, 3.05) is 0 Å². The number of nitrogens with two attached hydrogens (primary N) is 1. The smallest absolute Gasteiger partial charge is 0.123 e. The zero-order chi connectivity index (χ0) is 14.0. The number of rotatable bonds is 3. The first-order chi connectivity index (χ1) is 8.88. The van der Waals surface area contributed by atoms with Gasteiger partial charge in [0.05, 0.1) is 0 Å². The van der Waals surface area contributed by atoms with Crippen molar-refractivity contribution in [3.05, 3.63) is 70.8 Å². The second-order valence-electron chi connectivity index (χ2n) is 5.18. The number of halogens is 2. The minimum atomic E-state index is -0.661. The molecule has 19 heavy (non-hydrogen) atoms. The predicted octanol–water partition coefficient (Wildman–Crippen LogP) is 3.69. The number of benzene rings is 2. The summed E-state index contributed by atoms with van der Waals surface area (Å²) in [5, 5.41) is 0. The fraction of sp³-hybridized carbons (Fsp3) is 0.250. The quantitative estimate of drug-likeness (QED) is 0.896. The fourth-order valence-electron chi connectivity index (χ4n) is 2.43. The van der Waals surface area contributed by atoms with Crippen LogP contribution >= 0.6 is 0 Å². The SMILES string of the molecule is Cc1cc(F)ccc1C(C)(N)Cc1cccc(F)c1. The maximum atomic E-state index is 13.2. The van der Waals surface area contributed by atoms with E-state index >= 15 is 0 Å². The van der Waals surface area contributed by atoms with Gasteiger partial charge in [0.15, 0.2) is 0 Å². The zero-order valence-corrected chi connectivity index (χ0v) is 11.1. The highest BCUT2D eigenvalue weighted by Crippen LogP contribution is 2.26. The molecule has 0 spiro atoms. The lowest BCUT2D eigenvalue weighted by Gasteiger charge is -2.27. The van der Waals surface area contributed by atoms with E-state index in [1.165, 1.54) is 24.3 Å². The first-order valence-corrected chi connectivity index (χ1v) is 6.18. The van der Waals surface area contributed by atoms with Crippen LogP contribution in [0.5, 0.6) is 0 Å². The maximum absolute atomic E-state index is 13.2. The van der Waals surface area contributed by atoms with Gasteiger partial charge in [0.25, 0.3) is 0 Å². The second-order valence-corrected chi connectivity index (χ2v) is 5.18. The molecule has 0 fully saturated rings. The summed E-state index contributed by atoms with van der Waals surface area (Å²) in [6.45, 7) is 3.70. The molecule has 1 atom stereocenters. The molecule has 0 aromatic heterocycles. The maximum Gasteiger partial charge on any atom is 0.123 e. The van der Waals surface area contributed by atoms with Crippen LogP contribution in [0.4, 0.5) is 8.78 Å². The van der Waals surface area contributed by atoms with Crippen molar-refractivity contribution in [2.24, 2.45) is 5.73 Å². The van der Waals surface area contributed by atoms with Gasteiger partial charge in [0.1, 0.15) is 11.6 Å². The fourth-order valence-corrected chi connectivity index (χ4v) is 2.43. The van der Waals surface area contributed by atoms with Gasteiger partial charge in [-0.05, 0) is 61.2 Å². The molecular weight excluding hydrogens is 244 g/mol. The van der Waals surface area contributed by atoms with Crippen molar-refractivity contribution >= 4 is 0 Å². The Balaban J connectivity index is 2.31. The van der Waals surface area contributed by atoms with Gasteiger partial charge in [-0.3, -0.25) is 0 Å². The lowest BCUT2D eigenvalue weighted by atomic mass is 9.84. The highest BCUT2D eigenvalue weighted by atomic mass is 19.1. The summed E-state index contributed by atoms with van der Waals surface area (Å²) >= 11 is 0. The number of aryl methyl sites for hydroxylation is 1. The van der Waals surface area contributed by atoms with Crippen LogP contribution in [0.1, 0.15) is 23.6 Å². The Labute approximate surface area is 112 Å². The normalized spacial score (nSPS) is 14.2. The Morgan fingerprint density at radius 1 is 1.05 bits per heavy atom. The molecule has 0 saturated heterocycles. The van der Waals surface area contributed by atoms with Crippen molar-refractivity contribution in [2.45, 2.75) is 25.8 Å². The standard InChI is InChI=1S/C16H17F2N/c1-11-8-14(18)6-7-15(11)16(2,19)10-12-4-3-5-13(17)9-12/h3-9H,10,19H2,1-2H3. The summed E-state index contributed by atoms with van der Waals surface area (Å²) in [6.07, 6.45) is 0.497. The lowest BCUT2D eigenvalue weighted by Crippen LogP contribution is -2.36. The summed E-state index contributed by atoms with van der Waals surface area (Å²) in [4.78, 5) is 0.